The van der Waals surface area contributed by atoms with Gasteiger partial charge in [-0.15, -0.1) is 0 Å². The van der Waals surface area contributed by atoms with Crippen LogP contribution in [0.5, 0.6) is 0 Å². The van der Waals surface area contributed by atoms with E-state index < -0.39 is 0 Å². The third kappa shape index (κ3) is 2.54. The summed E-state index contributed by atoms with van der Waals surface area (Å²) in [7, 11) is 0. The number of piperidine rings is 1. The van der Waals surface area contributed by atoms with Gasteiger partial charge in [0.05, 0.1) is 11.7 Å². The van der Waals surface area contributed by atoms with Crippen molar-refractivity contribution in [2.75, 3.05) is 18.0 Å². The van der Waals surface area contributed by atoms with Crippen molar-refractivity contribution in [1.29, 1.82) is 0 Å². The Morgan fingerprint density at radius 3 is 3.17 bits per heavy atom. The number of H-pyrrole nitrogens is 1. The van der Waals surface area contributed by atoms with Crippen molar-refractivity contribution in [2.45, 2.75) is 32.6 Å². The van der Waals surface area contributed by atoms with E-state index in [0.29, 0.717) is 12.2 Å². The van der Waals surface area contributed by atoms with Crippen molar-refractivity contribution in [3.8, 4) is 0 Å². The Morgan fingerprint density at radius 2 is 2.29 bits per heavy atom. The second kappa shape index (κ2) is 6.23. The minimum Gasteiger partial charge on any atom is -0.370 e. The van der Waals surface area contributed by atoms with Gasteiger partial charge >= 0.3 is 0 Å². The van der Waals surface area contributed by atoms with E-state index in [1.165, 1.54) is 5.69 Å². The lowest BCUT2D eigenvalue weighted by atomic mass is 9.91. The molecule has 5 nitrogen and oxygen atoms in total. The van der Waals surface area contributed by atoms with Gasteiger partial charge in [0.1, 0.15) is 5.78 Å². The van der Waals surface area contributed by atoms with Gasteiger partial charge in [0.25, 0.3) is 0 Å². The van der Waals surface area contributed by atoms with Crippen LogP contribution in [0, 0.1) is 5.92 Å². The van der Waals surface area contributed by atoms with Crippen molar-refractivity contribution < 1.29 is 4.79 Å². The molecule has 124 valence electrons. The molecule has 5 heteroatoms. The molecule has 1 atom stereocenters. The molecule has 0 saturated carbocycles. The molecule has 0 radical (unpaired) electrons. The highest BCUT2D eigenvalue weighted by atomic mass is 16.1. The summed E-state index contributed by atoms with van der Waals surface area (Å²) < 4.78 is 0. The fourth-order valence-electron chi connectivity index (χ4n) is 3.81. The topological polar surface area (TPSA) is 61.9 Å². The zero-order chi connectivity index (χ0) is 16.5. The quantitative estimate of drug-likeness (QED) is 0.795. The van der Waals surface area contributed by atoms with Gasteiger partial charge in [-0.05, 0) is 31.4 Å². The van der Waals surface area contributed by atoms with Gasteiger partial charge in [0, 0.05) is 54.3 Å². The first kappa shape index (κ1) is 15.1. The lowest BCUT2D eigenvalue weighted by molar-refractivity contribution is -0.123. The second-order valence-corrected chi connectivity index (χ2v) is 6.59. The highest BCUT2D eigenvalue weighted by Crippen LogP contribution is 2.33. The van der Waals surface area contributed by atoms with E-state index >= 15 is 0 Å². The van der Waals surface area contributed by atoms with Gasteiger partial charge in [-0.25, -0.2) is 9.97 Å². The lowest BCUT2D eigenvalue weighted by Gasteiger charge is -2.34. The smallest absolute Gasteiger partial charge is 0.159 e. The zero-order valence-electron chi connectivity index (χ0n) is 14.0. The number of carbonyl (C=O) groups is 1. The highest BCUT2D eigenvalue weighted by molar-refractivity contribution is 6.10. The molecule has 3 aromatic rings. The van der Waals surface area contributed by atoms with Gasteiger partial charge in [-0.3, -0.25) is 4.79 Å². The molecule has 0 aromatic carbocycles. The van der Waals surface area contributed by atoms with Crippen LogP contribution >= 0.6 is 0 Å². The predicted molar refractivity (Wildman–Crippen MR) is 96.2 cm³/mol. The SMILES string of the molecule is CCCC(=O)C1CCCN(c2cc[nH]c3cnc4nccc4c23)C1. The highest BCUT2D eigenvalue weighted by Gasteiger charge is 2.26. The Bertz CT molecular complexity index is 885. The average Bonchev–Trinajstić information content (AvgIpc) is 3.10. The Balaban J connectivity index is 1.75. The number of hydrogen-bond acceptors (Lipinski definition) is 4. The van der Waals surface area contributed by atoms with E-state index in [9.17, 15) is 4.79 Å². The fourth-order valence-corrected chi connectivity index (χ4v) is 3.81. The average molecular weight is 322 g/mol. The first-order valence-corrected chi connectivity index (χ1v) is 8.76. The number of fused-ring (bicyclic) bond motifs is 3. The zero-order valence-corrected chi connectivity index (χ0v) is 14.0. The summed E-state index contributed by atoms with van der Waals surface area (Å²) in [4.78, 5) is 26.7. The Morgan fingerprint density at radius 1 is 1.38 bits per heavy atom. The molecule has 1 aliphatic rings. The Hall–Kier alpha value is -2.43. The summed E-state index contributed by atoms with van der Waals surface area (Å²) in [6.45, 7) is 3.88. The fraction of sp³-hybridized carbons (Fsp3) is 0.421. The van der Waals surface area contributed by atoms with Gasteiger partial charge in [0.15, 0.2) is 5.65 Å². The van der Waals surface area contributed by atoms with E-state index in [4.69, 9.17) is 0 Å². The van der Waals surface area contributed by atoms with Crippen LogP contribution in [0.3, 0.4) is 0 Å². The van der Waals surface area contributed by atoms with E-state index in [-0.39, 0.29) is 5.92 Å². The number of nitrogens with one attached hydrogen (secondary N) is 1. The van der Waals surface area contributed by atoms with Crippen molar-refractivity contribution in [2.24, 2.45) is 5.92 Å². The van der Waals surface area contributed by atoms with Gasteiger partial charge in [-0.2, -0.15) is 0 Å². The number of aromatic nitrogens is 3. The van der Waals surface area contributed by atoms with Crippen LogP contribution in [0.2, 0.25) is 0 Å². The van der Waals surface area contributed by atoms with Crippen LogP contribution in [0.4, 0.5) is 5.69 Å². The molecule has 0 spiro atoms. The number of pyridine rings is 2. The molecule has 24 heavy (non-hydrogen) atoms. The maximum absolute atomic E-state index is 12.4. The van der Waals surface area contributed by atoms with Gasteiger partial charge in [0.2, 0.25) is 0 Å². The Kier molecular flexibility index (Phi) is 3.92. The minimum atomic E-state index is 0.160. The number of nitrogens with zero attached hydrogens (tertiary/aromatic N) is 3. The van der Waals surface area contributed by atoms with Gasteiger partial charge < -0.3 is 9.88 Å². The molecule has 1 fully saturated rings. The van der Waals surface area contributed by atoms with E-state index in [1.54, 1.807) is 6.20 Å². The second-order valence-electron chi connectivity index (χ2n) is 6.59. The van der Waals surface area contributed by atoms with Crippen LogP contribution in [-0.2, 0) is 4.79 Å². The monoisotopic (exact) mass is 322 g/mol. The molecule has 1 saturated heterocycles. The first-order valence-electron chi connectivity index (χ1n) is 8.76. The van der Waals surface area contributed by atoms with Gasteiger partial charge in [-0.1, -0.05) is 6.92 Å². The van der Waals surface area contributed by atoms with Crippen LogP contribution in [0.1, 0.15) is 32.6 Å². The number of Topliss-reactive ketones (excluding diaryl/α,β-unsaturated/α-hetero) is 1. The van der Waals surface area contributed by atoms with Crippen LogP contribution in [0.25, 0.3) is 21.9 Å². The number of anilines is 1. The number of aromatic amines is 1. The van der Waals surface area contributed by atoms with Crippen molar-refractivity contribution in [3.63, 3.8) is 0 Å². The van der Waals surface area contributed by atoms with Crippen LogP contribution in [0.15, 0.2) is 30.7 Å². The standard InChI is InChI=1S/C19H22N4O/c1-2-4-17(24)13-5-3-10-23(12-13)16-7-9-20-15-11-22-19-14(18(15)16)6-8-21-19/h6-9,11,13,20H,2-5,10,12H2,1H3. The summed E-state index contributed by atoms with van der Waals surface area (Å²) in [5.41, 5.74) is 2.96. The number of rotatable bonds is 4. The molecule has 0 amide bonds. The summed E-state index contributed by atoms with van der Waals surface area (Å²) in [6.07, 6.45) is 9.32. The largest absolute Gasteiger partial charge is 0.370 e. The molecule has 1 aliphatic heterocycles. The summed E-state index contributed by atoms with van der Waals surface area (Å²) in [5, 5.41) is 2.23. The third-order valence-electron chi connectivity index (χ3n) is 4.98. The van der Waals surface area contributed by atoms with Crippen molar-refractivity contribution >= 4 is 33.4 Å². The molecular weight excluding hydrogens is 300 g/mol. The Labute approximate surface area is 141 Å². The minimum absolute atomic E-state index is 0.160. The molecule has 1 unspecified atom stereocenters. The first-order chi connectivity index (χ1) is 11.8. The van der Waals surface area contributed by atoms with Crippen LogP contribution in [-0.4, -0.2) is 33.8 Å². The summed E-state index contributed by atoms with van der Waals surface area (Å²) in [6, 6.07) is 4.13. The molecule has 3 aromatic heterocycles. The van der Waals surface area contributed by atoms with E-state index in [2.05, 4.69) is 32.8 Å². The predicted octanol–water partition coefficient (Wildman–Crippen LogP) is 3.70. The van der Waals surface area contributed by atoms with Crippen molar-refractivity contribution in [1.82, 2.24) is 15.0 Å². The molecule has 1 N–H and O–H groups in total. The summed E-state index contributed by atoms with van der Waals surface area (Å²) in [5.74, 6) is 0.573. The molecule has 4 heterocycles. The summed E-state index contributed by atoms with van der Waals surface area (Å²) >= 11 is 0. The number of carbonyl (C=O) groups excluding carboxylic acids is 1. The number of ketones is 1. The maximum atomic E-state index is 12.4. The number of hydrogen-bond donors (Lipinski definition) is 1. The maximum Gasteiger partial charge on any atom is 0.159 e. The molecule has 0 bridgehead atoms. The van der Waals surface area contributed by atoms with E-state index in [1.807, 2.05) is 18.5 Å². The normalized spacial score (nSPS) is 18.4. The van der Waals surface area contributed by atoms with E-state index in [0.717, 1.165) is 54.3 Å². The van der Waals surface area contributed by atoms with Crippen LogP contribution < -0.4 is 4.90 Å². The molecular formula is C19H22N4O. The molecule has 4 rings (SSSR count). The molecule has 0 aliphatic carbocycles. The third-order valence-corrected chi connectivity index (χ3v) is 4.98. The van der Waals surface area contributed by atoms with Crippen molar-refractivity contribution in [3.05, 3.63) is 30.7 Å². The lowest BCUT2D eigenvalue weighted by Crippen LogP contribution is -2.38.